The highest BCUT2D eigenvalue weighted by molar-refractivity contribution is 6.00. The minimum Gasteiger partial charge on any atom is -0.479 e. The molecule has 120 valence electrons. The van der Waals surface area contributed by atoms with Gasteiger partial charge in [-0.25, -0.2) is 4.79 Å². The number of anilines is 1. The molecule has 2 aromatic carbocycles. The van der Waals surface area contributed by atoms with E-state index in [-0.39, 0.29) is 11.5 Å². The number of carboxylic acids is 1. The first-order valence-electron chi connectivity index (χ1n) is 7.34. The van der Waals surface area contributed by atoms with Gasteiger partial charge in [-0.1, -0.05) is 12.1 Å². The quantitative estimate of drug-likeness (QED) is 0.938. The Balaban J connectivity index is 1.96. The molecule has 6 heteroatoms. The summed E-state index contributed by atoms with van der Waals surface area (Å²) in [5.74, 6) is -0.879. The van der Waals surface area contributed by atoms with Crippen molar-refractivity contribution in [2.45, 2.75) is 19.6 Å². The maximum atomic E-state index is 12.5. The number of fused-ring (bicyclic) bond motifs is 1. The minimum absolute atomic E-state index is 0.105. The predicted octanol–water partition coefficient (Wildman–Crippen LogP) is 2.57. The van der Waals surface area contributed by atoms with E-state index in [1.165, 1.54) is 12.1 Å². The highest BCUT2D eigenvalue weighted by Crippen LogP contribution is 2.35. The van der Waals surface area contributed by atoms with Crippen LogP contribution in [0, 0.1) is 11.3 Å². The number of carboxylic acid groups (broad SMARTS) is 1. The van der Waals surface area contributed by atoms with E-state index in [2.05, 4.69) is 0 Å². The molecular formula is C18H14N2O4. The molecule has 1 heterocycles. The Morgan fingerprint density at radius 2 is 2.00 bits per heavy atom. The van der Waals surface area contributed by atoms with Gasteiger partial charge in [-0.2, -0.15) is 5.26 Å². The normalized spacial score (nSPS) is 16.1. The zero-order valence-corrected chi connectivity index (χ0v) is 12.9. The average Bonchev–Trinajstić information content (AvgIpc) is 2.59. The Labute approximate surface area is 138 Å². The zero-order chi connectivity index (χ0) is 17.3. The number of ether oxygens (including phenoxy) is 1. The average molecular weight is 322 g/mol. The summed E-state index contributed by atoms with van der Waals surface area (Å²) in [6.45, 7) is 1.95. The standard InChI is InChI=1S/C18H14N2O4/c1-11-17(21)20(10-13-4-2-12(9-19)3-5-13)15-7-6-14(18(22)23)8-16(15)24-11/h2-8,11H,10H2,1H3,(H,22,23). The molecule has 24 heavy (non-hydrogen) atoms. The van der Waals surface area contributed by atoms with E-state index in [0.717, 1.165) is 5.56 Å². The minimum atomic E-state index is -1.05. The molecule has 3 rings (SSSR count). The van der Waals surface area contributed by atoms with Crippen LogP contribution < -0.4 is 9.64 Å². The highest BCUT2D eigenvalue weighted by Gasteiger charge is 2.32. The Bertz CT molecular complexity index is 852. The van der Waals surface area contributed by atoms with Gasteiger partial charge >= 0.3 is 5.97 Å². The lowest BCUT2D eigenvalue weighted by Gasteiger charge is -2.33. The van der Waals surface area contributed by atoms with Crippen LogP contribution in [0.15, 0.2) is 42.5 Å². The largest absolute Gasteiger partial charge is 0.479 e. The first-order valence-corrected chi connectivity index (χ1v) is 7.34. The number of carbonyl (C=O) groups is 2. The van der Waals surface area contributed by atoms with Crippen LogP contribution in [0.2, 0.25) is 0 Å². The molecule has 1 amide bonds. The lowest BCUT2D eigenvalue weighted by Crippen LogP contribution is -2.44. The molecule has 0 saturated carbocycles. The second-order valence-electron chi connectivity index (χ2n) is 5.48. The van der Waals surface area contributed by atoms with Crippen LogP contribution in [0.5, 0.6) is 5.75 Å². The van der Waals surface area contributed by atoms with Crippen molar-refractivity contribution in [2.24, 2.45) is 0 Å². The number of nitriles is 1. The van der Waals surface area contributed by atoms with E-state index in [1.54, 1.807) is 42.2 Å². The molecule has 0 bridgehead atoms. The van der Waals surface area contributed by atoms with Gasteiger partial charge in [-0.3, -0.25) is 4.79 Å². The summed E-state index contributed by atoms with van der Waals surface area (Å²) in [7, 11) is 0. The fourth-order valence-electron chi connectivity index (χ4n) is 2.57. The number of aromatic carboxylic acids is 1. The van der Waals surface area contributed by atoms with Crippen molar-refractivity contribution in [3.63, 3.8) is 0 Å². The van der Waals surface area contributed by atoms with E-state index in [0.29, 0.717) is 23.5 Å². The third-order valence-electron chi connectivity index (χ3n) is 3.84. The second-order valence-corrected chi connectivity index (χ2v) is 5.48. The van der Waals surface area contributed by atoms with Gasteiger partial charge in [0.2, 0.25) is 0 Å². The molecular weight excluding hydrogens is 308 g/mol. The van der Waals surface area contributed by atoms with Gasteiger partial charge in [0.1, 0.15) is 5.75 Å². The number of hydrogen-bond acceptors (Lipinski definition) is 4. The molecule has 2 aromatic rings. The van der Waals surface area contributed by atoms with Crippen molar-refractivity contribution < 1.29 is 19.4 Å². The molecule has 0 aliphatic carbocycles. The number of carbonyl (C=O) groups excluding carboxylic acids is 1. The molecule has 0 saturated heterocycles. The number of rotatable bonds is 3. The zero-order valence-electron chi connectivity index (χ0n) is 12.9. The number of benzene rings is 2. The van der Waals surface area contributed by atoms with Crippen molar-refractivity contribution in [3.8, 4) is 11.8 Å². The van der Waals surface area contributed by atoms with Gasteiger partial charge < -0.3 is 14.7 Å². The Morgan fingerprint density at radius 3 is 2.62 bits per heavy atom. The molecule has 1 aliphatic heterocycles. The molecule has 1 atom stereocenters. The van der Waals surface area contributed by atoms with Crippen molar-refractivity contribution in [1.29, 1.82) is 5.26 Å². The van der Waals surface area contributed by atoms with Crippen molar-refractivity contribution >= 4 is 17.6 Å². The fourth-order valence-corrected chi connectivity index (χ4v) is 2.57. The SMILES string of the molecule is CC1Oc2cc(C(=O)O)ccc2N(Cc2ccc(C#N)cc2)C1=O. The number of amides is 1. The molecule has 1 unspecified atom stereocenters. The summed E-state index contributed by atoms with van der Waals surface area (Å²) in [5.41, 5.74) is 2.05. The van der Waals surface area contributed by atoms with Crippen LogP contribution in [0.3, 0.4) is 0 Å². The van der Waals surface area contributed by atoms with E-state index in [4.69, 9.17) is 15.1 Å². The van der Waals surface area contributed by atoms with Gasteiger partial charge in [0.05, 0.1) is 29.4 Å². The Hall–Kier alpha value is -3.33. The van der Waals surface area contributed by atoms with Gasteiger partial charge in [-0.15, -0.1) is 0 Å². The third-order valence-corrected chi connectivity index (χ3v) is 3.84. The van der Waals surface area contributed by atoms with Crippen LogP contribution >= 0.6 is 0 Å². The Morgan fingerprint density at radius 1 is 1.29 bits per heavy atom. The molecule has 1 aliphatic rings. The van der Waals surface area contributed by atoms with Gasteiger partial charge in [0.25, 0.3) is 5.91 Å². The van der Waals surface area contributed by atoms with Crippen LogP contribution in [0.4, 0.5) is 5.69 Å². The lowest BCUT2D eigenvalue weighted by molar-refractivity contribution is -0.125. The van der Waals surface area contributed by atoms with Crippen molar-refractivity contribution in [1.82, 2.24) is 0 Å². The van der Waals surface area contributed by atoms with Crippen molar-refractivity contribution in [2.75, 3.05) is 4.90 Å². The van der Waals surface area contributed by atoms with Gasteiger partial charge in [-0.05, 0) is 42.8 Å². The molecule has 6 nitrogen and oxygen atoms in total. The first-order chi connectivity index (χ1) is 11.5. The maximum absolute atomic E-state index is 12.5. The predicted molar refractivity (Wildman–Crippen MR) is 85.8 cm³/mol. The van der Waals surface area contributed by atoms with Crippen molar-refractivity contribution in [3.05, 3.63) is 59.2 Å². The van der Waals surface area contributed by atoms with Crippen LogP contribution in [-0.2, 0) is 11.3 Å². The van der Waals surface area contributed by atoms with Gasteiger partial charge in [0.15, 0.2) is 6.10 Å². The molecule has 0 spiro atoms. The first kappa shape index (κ1) is 15.6. The molecule has 0 fully saturated rings. The van der Waals surface area contributed by atoms with Gasteiger partial charge in [0, 0.05) is 0 Å². The molecule has 0 radical (unpaired) electrons. The van der Waals surface area contributed by atoms with Crippen LogP contribution in [-0.4, -0.2) is 23.1 Å². The summed E-state index contributed by atoms with van der Waals surface area (Å²) >= 11 is 0. The van der Waals surface area contributed by atoms with Crippen LogP contribution in [0.1, 0.15) is 28.4 Å². The molecule has 1 N–H and O–H groups in total. The number of nitrogens with zero attached hydrogens (tertiary/aromatic N) is 2. The topological polar surface area (TPSA) is 90.6 Å². The fraction of sp³-hybridized carbons (Fsp3) is 0.167. The third kappa shape index (κ3) is 2.79. The summed E-state index contributed by atoms with van der Waals surface area (Å²) in [4.78, 5) is 25.1. The van der Waals surface area contributed by atoms with E-state index in [9.17, 15) is 9.59 Å². The van der Waals surface area contributed by atoms with E-state index >= 15 is 0 Å². The highest BCUT2D eigenvalue weighted by atomic mass is 16.5. The summed E-state index contributed by atoms with van der Waals surface area (Å²) in [6.07, 6.45) is -0.695. The summed E-state index contributed by atoms with van der Waals surface area (Å²) in [5, 5.41) is 17.9. The summed E-state index contributed by atoms with van der Waals surface area (Å²) < 4.78 is 5.54. The lowest BCUT2D eigenvalue weighted by atomic mass is 10.1. The smallest absolute Gasteiger partial charge is 0.335 e. The maximum Gasteiger partial charge on any atom is 0.335 e. The summed E-state index contributed by atoms with van der Waals surface area (Å²) in [6, 6.07) is 13.5. The number of hydrogen-bond donors (Lipinski definition) is 1. The molecule has 0 aromatic heterocycles. The monoisotopic (exact) mass is 322 g/mol. The Kier molecular flexibility index (Phi) is 3.92. The second kappa shape index (κ2) is 6.05. The van der Waals surface area contributed by atoms with E-state index < -0.39 is 12.1 Å². The van der Waals surface area contributed by atoms with E-state index in [1.807, 2.05) is 6.07 Å². The van der Waals surface area contributed by atoms with Crippen LogP contribution in [0.25, 0.3) is 0 Å².